The van der Waals surface area contributed by atoms with Gasteiger partial charge in [-0.2, -0.15) is 5.10 Å². The van der Waals surface area contributed by atoms with Crippen LogP contribution in [0.15, 0.2) is 77.2 Å². The Bertz CT molecular complexity index is 961. The molecule has 2 aromatic carbocycles. The maximum atomic E-state index is 12.6. The molecule has 0 saturated heterocycles. The zero-order chi connectivity index (χ0) is 22.9. The number of allylic oxidation sites excluding steroid dienone is 1. The fourth-order valence-corrected chi connectivity index (χ4v) is 3.19. The Kier molecular flexibility index (Phi) is 7.75. The number of carbonyl (C=O) groups excluding carboxylic acids is 1. The van der Waals surface area contributed by atoms with Gasteiger partial charge in [-0.15, -0.1) is 0 Å². The number of nitrogens with one attached hydrogen (secondary N) is 1. The molecule has 0 aromatic heterocycles. The van der Waals surface area contributed by atoms with Gasteiger partial charge in [0.1, 0.15) is 22.8 Å². The average molecular weight is 437 g/mol. The van der Waals surface area contributed by atoms with Crippen LogP contribution in [0.5, 0.6) is 11.5 Å². The fourth-order valence-electron chi connectivity index (χ4n) is 3.19. The van der Waals surface area contributed by atoms with Crippen LogP contribution >= 0.6 is 0 Å². The Morgan fingerprint density at radius 3 is 1.81 bits per heavy atom. The van der Waals surface area contributed by atoms with Crippen LogP contribution in [0.25, 0.3) is 0 Å². The maximum absolute atomic E-state index is 12.6. The van der Waals surface area contributed by atoms with Crippen molar-refractivity contribution in [2.24, 2.45) is 5.10 Å². The van der Waals surface area contributed by atoms with Crippen molar-refractivity contribution in [3.8, 4) is 11.5 Å². The number of esters is 1. The van der Waals surface area contributed by atoms with Gasteiger partial charge in [-0.1, -0.05) is 24.3 Å². The summed E-state index contributed by atoms with van der Waals surface area (Å²) in [4.78, 5) is 14.6. The first kappa shape index (κ1) is 22.7. The highest BCUT2D eigenvalue weighted by atomic mass is 16.5. The quantitative estimate of drug-likeness (QED) is 0.635. The highest BCUT2D eigenvalue weighted by Gasteiger charge is 2.25. The third-order valence-corrected chi connectivity index (χ3v) is 4.91. The monoisotopic (exact) mass is 437 g/mol. The zero-order valence-electron chi connectivity index (χ0n) is 18.6. The summed E-state index contributed by atoms with van der Waals surface area (Å²) in [5.41, 5.74) is 5.19. The van der Waals surface area contributed by atoms with E-state index in [0.717, 1.165) is 22.6 Å². The lowest BCUT2D eigenvalue weighted by Crippen LogP contribution is -2.35. The number of benzene rings is 2. The second-order valence-electron chi connectivity index (χ2n) is 6.92. The molecule has 2 aromatic rings. The van der Waals surface area contributed by atoms with Gasteiger partial charge >= 0.3 is 5.97 Å². The third kappa shape index (κ3) is 5.60. The van der Waals surface area contributed by atoms with Crippen molar-refractivity contribution in [1.29, 1.82) is 0 Å². The molecule has 0 unspecified atom stereocenters. The Morgan fingerprint density at radius 2 is 1.38 bits per heavy atom. The summed E-state index contributed by atoms with van der Waals surface area (Å²) in [7, 11) is 6.12. The third-order valence-electron chi connectivity index (χ3n) is 4.91. The molecule has 3 rings (SSSR count). The van der Waals surface area contributed by atoms with E-state index in [2.05, 4.69) is 10.5 Å². The van der Waals surface area contributed by atoms with Crippen molar-refractivity contribution in [2.45, 2.75) is 13.1 Å². The highest BCUT2D eigenvalue weighted by molar-refractivity contribution is 6.19. The van der Waals surface area contributed by atoms with E-state index in [9.17, 15) is 4.79 Å². The first-order valence-corrected chi connectivity index (χ1v) is 9.96. The number of hydrogen-bond donors (Lipinski definition) is 1. The van der Waals surface area contributed by atoms with E-state index in [-0.39, 0.29) is 5.57 Å². The lowest BCUT2D eigenvalue weighted by Gasteiger charge is -2.27. The highest BCUT2D eigenvalue weighted by Crippen LogP contribution is 2.21. The zero-order valence-corrected chi connectivity index (χ0v) is 18.6. The van der Waals surface area contributed by atoms with Gasteiger partial charge in [0.15, 0.2) is 5.84 Å². The predicted molar refractivity (Wildman–Crippen MR) is 121 cm³/mol. The van der Waals surface area contributed by atoms with Crippen LogP contribution in [0.1, 0.15) is 11.1 Å². The lowest BCUT2D eigenvalue weighted by molar-refractivity contribution is -0.135. The first-order valence-electron chi connectivity index (χ1n) is 9.96. The van der Waals surface area contributed by atoms with Gasteiger partial charge in [0.05, 0.1) is 34.6 Å². The second-order valence-corrected chi connectivity index (χ2v) is 6.92. The summed E-state index contributed by atoms with van der Waals surface area (Å²) in [6, 6.07) is 15.5. The molecule has 0 radical (unpaired) electrons. The van der Waals surface area contributed by atoms with Gasteiger partial charge in [-0.3, -0.25) is 5.43 Å². The van der Waals surface area contributed by atoms with E-state index in [1.165, 1.54) is 14.2 Å². The molecule has 168 valence electrons. The molecule has 8 nitrogen and oxygen atoms in total. The minimum absolute atomic E-state index is 0.285. The molecule has 0 fully saturated rings. The van der Waals surface area contributed by atoms with Crippen LogP contribution < -0.4 is 14.9 Å². The number of ether oxygens (including phenoxy) is 4. The smallest absolute Gasteiger partial charge is 0.341 e. The number of methoxy groups -OCH3 is 4. The van der Waals surface area contributed by atoms with Crippen molar-refractivity contribution in [3.63, 3.8) is 0 Å². The minimum atomic E-state index is -0.509. The standard InChI is InChI=1S/C24H27N3O5/c1-29-19-9-5-17(6-10-19)15-27(16-18-7-11-20(30-2)12-8-18)23-22(24(28)32-4)13-21(31-3)14-25-26-23/h5-14,25H,15-16H2,1-4H3. The summed E-state index contributed by atoms with van der Waals surface area (Å²) < 4.78 is 20.9. The molecule has 32 heavy (non-hydrogen) atoms. The molecule has 0 bridgehead atoms. The van der Waals surface area contributed by atoms with Crippen LogP contribution in [0, 0.1) is 0 Å². The van der Waals surface area contributed by atoms with Gasteiger partial charge in [-0.25, -0.2) is 4.79 Å². The van der Waals surface area contributed by atoms with Gasteiger partial charge in [0.2, 0.25) is 0 Å². The van der Waals surface area contributed by atoms with Gasteiger partial charge < -0.3 is 23.8 Å². The summed E-state index contributed by atoms with van der Waals surface area (Å²) in [6.45, 7) is 0.986. The van der Waals surface area contributed by atoms with Crippen LogP contribution in [0.2, 0.25) is 0 Å². The molecule has 0 saturated carbocycles. The molecule has 1 N–H and O–H groups in total. The van der Waals surface area contributed by atoms with Crippen molar-refractivity contribution in [1.82, 2.24) is 10.3 Å². The summed E-state index contributed by atoms with van der Waals surface area (Å²) in [6.07, 6.45) is 3.19. The van der Waals surface area contributed by atoms with E-state index >= 15 is 0 Å². The topological polar surface area (TPSA) is 81.6 Å². The Labute approximate surface area is 187 Å². The Morgan fingerprint density at radius 1 is 0.844 bits per heavy atom. The average Bonchev–Trinajstić information content (AvgIpc) is 3.06. The molecule has 1 aliphatic rings. The second kappa shape index (κ2) is 10.9. The van der Waals surface area contributed by atoms with Crippen LogP contribution in [0.4, 0.5) is 0 Å². The van der Waals surface area contributed by atoms with Crippen molar-refractivity contribution >= 4 is 11.8 Å². The molecular weight excluding hydrogens is 410 g/mol. The molecular formula is C24H27N3O5. The van der Waals surface area contributed by atoms with Gasteiger partial charge in [-0.05, 0) is 35.4 Å². The van der Waals surface area contributed by atoms with Gasteiger partial charge in [0, 0.05) is 19.2 Å². The predicted octanol–water partition coefficient (Wildman–Crippen LogP) is 3.21. The summed E-state index contributed by atoms with van der Waals surface area (Å²) >= 11 is 0. The van der Waals surface area contributed by atoms with Crippen LogP contribution in [-0.4, -0.2) is 45.1 Å². The van der Waals surface area contributed by atoms with Crippen LogP contribution in [0.3, 0.4) is 0 Å². The van der Waals surface area contributed by atoms with E-state index < -0.39 is 5.97 Å². The lowest BCUT2D eigenvalue weighted by atomic mass is 10.1. The SMILES string of the molecule is COC(=O)C1=CC(OC)=CNN=C1N(Cc1ccc(OC)cc1)Cc1ccc(OC)cc1. The first-order chi connectivity index (χ1) is 15.6. The fraction of sp³-hybridized carbons (Fsp3) is 0.250. The molecule has 1 heterocycles. The molecule has 0 spiro atoms. The van der Waals surface area contributed by atoms with E-state index in [0.29, 0.717) is 24.7 Å². The van der Waals surface area contributed by atoms with Crippen molar-refractivity contribution in [3.05, 3.63) is 83.3 Å². The van der Waals surface area contributed by atoms with Crippen LogP contribution in [-0.2, 0) is 27.4 Å². The molecule has 0 atom stereocenters. The van der Waals surface area contributed by atoms with E-state index in [1.807, 2.05) is 53.4 Å². The summed E-state index contributed by atoms with van der Waals surface area (Å²) in [5, 5.41) is 4.45. The molecule has 0 aliphatic carbocycles. The van der Waals surface area contributed by atoms with Crippen molar-refractivity contribution in [2.75, 3.05) is 28.4 Å². The number of carbonyl (C=O) groups is 1. The Hall–Kier alpha value is -3.94. The number of rotatable bonds is 8. The summed E-state index contributed by atoms with van der Waals surface area (Å²) in [5.74, 6) is 1.93. The normalized spacial score (nSPS) is 12.9. The number of amidine groups is 1. The maximum Gasteiger partial charge on any atom is 0.341 e. The van der Waals surface area contributed by atoms with E-state index in [4.69, 9.17) is 18.9 Å². The minimum Gasteiger partial charge on any atom is -0.497 e. The molecule has 8 heteroatoms. The molecule has 1 aliphatic heterocycles. The van der Waals surface area contributed by atoms with Crippen molar-refractivity contribution < 1.29 is 23.7 Å². The number of nitrogens with zero attached hydrogens (tertiary/aromatic N) is 2. The molecule has 0 amide bonds. The van der Waals surface area contributed by atoms with Gasteiger partial charge in [0.25, 0.3) is 0 Å². The largest absolute Gasteiger partial charge is 0.497 e. The van der Waals surface area contributed by atoms with E-state index in [1.54, 1.807) is 26.5 Å². The number of hydrazone groups is 1. The number of hydrogen-bond acceptors (Lipinski definition) is 8. The Balaban J connectivity index is 1.98.